The van der Waals surface area contributed by atoms with Gasteiger partial charge in [-0.1, -0.05) is 6.92 Å². The topological polar surface area (TPSA) is 24.9 Å². The third-order valence-electron chi connectivity index (χ3n) is 2.60. The van der Waals surface area contributed by atoms with E-state index in [1.54, 1.807) is 0 Å². The van der Waals surface area contributed by atoms with E-state index in [-0.39, 0.29) is 0 Å². The minimum Gasteiger partial charge on any atom is -0.313 e. The molecular weight excluding hydrogens is 172 g/mol. The highest BCUT2D eigenvalue weighted by molar-refractivity contribution is 5.21. The molecular formula is C12H18N2. The second-order valence-corrected chi connectivity index (χ2v) is 4.04. The number of pyridine rings is 1. The molecule has 1 heterocycles. The molecule has 76 valence electrons. The Kier molecular flexibility index (Phi) is 3.14. The van der Waals surface area contributed by atoms with Crippen molar-refractivity contribution in [2.45, 2.75) is 38.6 Å². The van der Waals surface area contributed by atoms with Gasteiger partial charge in [0.1, 0.15) is 0 Å². The first-order chi connectivity index (χ1) is 6.90. The number of nitrogens with one attached hydrogen (secondary N) is 1. The molecule has 1 saturated carbocycles. The van der Waals surface area contributed by atoms with E-state index in [4.69, 9.17) is 0 Å². The molecule has 1 aliphatic carbocycles. The van der Waals surface area contributed by atoms with Crippen molar-refractivity contribution >= 4 is 0 Å². The molecule has 0 spiro atoms. The first kappa shape index (κ1) is 9.66. The summed E-state index contributed by atoms with van der Waals surface area (Å²) >= 11 is 0. The lowest BCUT2D eigenvalue weighted by Gasteiger charge is -2.04. The van der Waals surface area contributed by atoms with Crippen LogP contribution in [0.25, 0.3) is 0 Å². The highest BCUT2D eigenvalue weighted by Gasteiger charge is 2.24. The number of aromatic nitrogens is 1. The number of nitrogens with zero attached hydrogens (tertiary/aromatic N) is 1. The highest BCUT2D eigenvalue weighted by Crippen LogP contribution is 2.38. The first-order valence-electron chi connectivity index (χ1n) is 5.55. The molecule has 0 radical (unpaired) electrons. The van der Waals surface area contributed by atoms with Gasteiger partial charge in [-0.05, 0) is 43.5 Å². The molecule has 1 aromatic rings. The predicted octanol–water partition coefficient (Wildman–Crippen LogP) is 2.46. The molecule has 0 unspecified atom stereocenters. The summed E-state index contributed by atoms with van der Waals surface area (Å²) in [4.78, 5) is 4.40. The van der Waals surface area contributed by atoms with E-state index in [2.05, 4.69) is 29.4 Å². The lowest BCUT2D eigenvalue weighted by atomic mass is 10.2. The molecule has 1 aromatic heterocycles. The van der Waals surface area contributed by atoms with E-state index in [0.29, 0.717) is 0 Å². The zero-order chi connectivity index (χ0) is 9.80. The Morgan fingerprint density at radius 1 is 1.50 bits per heavy atom. The largest absolute Gasteiger partial charge is 0.313 e. The van der Waals surface area contributed by atoms with Crippen LogP contribution in [-0.2, 0) is 6.54 Å². The molecule has 0 aromatic carbocycles. The van der Waals surface area contributed by atoms with Gasteiger partial charge in [-0.2, -0.15) is 0 Å². The Bertz CT molecular complexity index is 292. The Hall–Kier alpha value is -0.890. The minimum atomic E-state index is 0.765. The summed E-state index contributed by atoms with van der Waals surface area (Å²) in [6.07, 6.45) is 5.80. The molecule has 1 aliphatic rings. The maximum absolute atomic E-state index is 4.40. The van der Waals surface area contributed by atoms with Gasteiger partial charge in [-0.25, -0.2) is 0 Å². The maximum atomic E-state index is 4.40. The fourth-order valence-electron chi connectivity index (χ4n) is 1.62. The molecule has 2 rings (SSSR count). The summed E-state index contributed by atoms with van der Waals surface area (Å²) in [7, 11) is 0. The molecule has 1 fully saturated rings. The SMILES string of the molecule is CCCNCc1ccnc(C2CC2)c1. The average Bonchev–Trinajstić information content (AvgIpc) is 3.02. The lowest BCUT2D eigenvalue weighted by molar-refractivity contribution is 0.674. The van der Waals surface area contributed by atoms with Crippen LogP contribution in [0.3, 0.4) is 0 Å². The summed E-state index contributed by atoms with van der Waals surface area (Å²) in [5.41, 5.74) is 2.66. The molecule has 0 bridgehead atoms. The number of hydrogen-bond acceptors (Lipinski definition) is 2. The monoisotopic (exact) mass is 190 g/mol. The third kappa shape index (κ3) is 2.55. The van der Waals surface area contributed by atoms with Gasteiger partial charge in [-0.3, -0.25) is 4.98 Å². The van der Waals surface area contributed by atoms with Crippen LogP contribution in [0, 0.1) is 0 Å². The van der Waals surface area contributed by atoms with Gasteiger partial charge < -0.3 is 5.32 Å². The standard InChI is InChI=1S/C12H18N2/c1-2-6-13-9-10-5-7-14-12(8-10)11-3-4-11/h5,7-8,11,13H,2-4,6,9H2,1H3. The van der Waals surface area contributed by atoms with Gasteiger partial charge in [0.25, 0.3) is 0 Å². The van der Waals surface area contributed by atoms with Crippen LogP contribution in [0.5, 0.6) is 0 Å². The first-order valence-corrected chi connectivity index (χ1v) is 5.55. The van der Waals surface area contributed by atoms with Crippen LogP contribution in [0.4, 0.5) is 0 Å². The molecule has 14 heavy (non-hydrogen) atoms. The smallest absolute Gasteiger partial charge is 0.0437 e. The van der Waals surface area contributed by atoms with Crippen molar-refractivity contribution in [1.29, 1.82) is 0 Å². The molecule has 1 N–H and O–H groups in total. The third-order valence-corrected chi connectivity index (χ3v) is 2.60. The van der Waals surface area contributed by atoms with Crippen molar-refractivity contribution in [3.63, 3.8) is 0 Å². The zero-order valence-electron chi connectivity index (χ0n) is 8.79. The average molecular weight is 190 g/mol. The van der Waals surface area contributed by atoms with E-state index in [1.165, 1.54) is 30.5 Å². The van der Waals surface area contributed by atoms with Crippen molar-refractivity contribution in [1.82, 2.24) is 10.3 Å². The second kappa shape index (κ2) is 4.56. The van der Waals surface area contributed by atoms with Gasteiger partial charge in [-0.15, -0.1) is 0 Å². The minimum absolute atomic E-state index is 0.765. The van der Waals surface area contributed by atoms with Gasteiger partial charge >= 0.3 is 0 Å². The fraction of sp³-hybridized carbons (Fsp3) is 0.583. The fourth-order valence-corrected chi connectivity index (χ4v) is 1.62. The van der Waals surface area contributed by atoms with Gasteiger partial charge in [0, 0.05) is 24.4 Å². The van der Waals surface area contributed by atoms with Crippen molar-refractivity contribution in [2.75, 3.05) is 6.54 Å². The van der Waals surface area contributed by atoms with E-state index < -0.39 is 0 Å². The van der Waals surface area contributed by atoms with Gasteiger partial charge in [0.05, 0.1) is 0 Å². The summed E-state index contributed by atoms with van der Waals surface area (Å²) in [5, 5.41) is 3.41. The molecule has 2 nitrogen and oxygen atoms in total. The van der Waals surface area contributed by atoms with Crippen molar-refractivity contribution in [3.8, 4) is 0 Å². The van der Waals surface area contributed by atoms with Crippen LogP contribution in [0.1, 0.15) is 43.4 Å². The van der Waals surface area contributed by atoms with Crippen LogP contribution >= 0.6 is 0 Å². The quantitative estimate of drug-likeness (QED) is 0.721. The van der Waals surface area contributed by atoms with E-state index >= 15 is 0 Å². The number of rotatable bonds is 5. The lowest BCUT2D eigenvalue weighted by Crippen LogP contribution is -2.13. The normalized spacial score (nSPS) is 15.8. The van der Waals surface area contributed by atoms with E-state index in [9.17, 15) is 0 Å². The Labute approximate surface area is 85.7 Å². The van der Waals surface area contributed by atoms with E-state index in [1.807, 2.05) is 6.20 Å². The second-order valence-electron chi connectivity index (χ2n) is 4.04. The van der Waals surface area contributed by atoms with Crippen LogP contribution in [0.2, 0.25) is 0 Å². The molecule has 2 heteroatoms. The summed E-state index contributed by atoms with van der Waals surface area (Å²) < 4.78 is 0. The van der Waals surface area contributed by atoms with Crippen LogP contribution in [0.15, 0.2) is 18.3 Å². The van der Waals surface area contributed by atoms with Crippen molar-refractivity contribution < 1.29 is 0 Å². The zero-order valence-corrected chi connectivity index (χ0v) is 8.79. The summed E-state index contributed by atoms with van der Waals surface area (Å²) in [6.45, 7) is 4.27. The van der Waals surface area contributed by atoms with Crippen molar-refractivity contribution in [2.24, 2.45) is 0 Å². The van der Waals surface area contributed by atoms with Crippen molar-refractivity contribution in [3.05, 3.63) is 29.6 Å². The highest BCUT2D eigenvalue weighted by atomic mass is 14.8. The van der Waals surface area contributed by atoms with Gasteiger partial charge in [0.15, 0.2) is 0 Å². The Balaban J connectivity index is 1.92. The molecule has 0 atom stereocenters. The van der Waals surface area contributed by atoms with Crippen LogP contribution in [-0.4, -0.2) is 11.5 Å². The Morgan fingerprint density at radius 2 is 2.36 bits per heavy atom. The van der Waals surface area contributed by atoms with E-state index in [0.717, 1.165) is 19.0 Å². The predicted molar refractivity (Wildman–Crippen MR) is 58.2 cm³/mol. The molecule has 0 amide bonds. The Morgan fingerprint density at radius 3 is 3.07 bits per heavy atom. The molecule has 0 saturated heterocycles. The molecule has 0 aliphatic heterocycles. The van der Waals surface area contributed by atoms with Gasteiger partial charge in [0.2, 0.25) is 0 Å². The summed E-state index contributed by atoms with van der Waals surface area (Å²) in [5.74, 6) is 0.765. The maximum Gasteiger partial charge on any atom is 0.0437 e. The number of hydrogen-bond donors (Lipinski definition) is 1. The summed E-state index contributed by atoms with van der Waals surface area (Å²) in [6, 6.07) is 4.36. The van der Waals surface area contributed by atoms with Crippen LogP contribution < -0.4 is 5.32 Å².